The maximum atomic E-state index is 9.15. The highest BCUT2D eigenvalue weighted by Gasteiger charge is 2.06. The minimum absolute atomic E-state index is 0.281. The second-order valence-electron chi connectivity index (χ2n) is 3.90. The molecule has 1 rings (SSSR count). The second kappa shape index (κ2) is 6.38. The molecular weight excluding hydrogens is 204 g/mol. The number of ether oxygens (including phenoxy) is 2. The summed E-state index contributed by atoms with van der Waals surface area (Å²) in [6, 6.07) is 5.91. The number of methoxy groups -OCH3 is 1. The standard InChI is InChI=1S/C13H20O3/c1-4-5-11-6-7-12(13(8-11)15-3)16-9-10(2)14/h6-8,10,14H,4-5,9H2,1-3H3. The van der Waals surface area contributed by atoms with Crippen LogP contribution < -0.4 is 9.47 Å². The van der Waals surface area contributed by atoms with E-state index in [1.807, 2.05) is 18.2 Å². The van der Waals surface area contributed by atoms with Gasteiger partial charge in [-0.2, -0.15) is 0 Å². The van der Waals surface area contributed by atoms with Crippen molar-refractivity contribution in [3.05, 3.63) is 23.8 Å². The number of benzene rings is 1. The Morgan fingerprint density at radius 1 is 1.31 bits per heavy atom. The first-order chi connectivity index (χ1) is 7.67. The Bertz CT molecular complexity index is 321. The van der Waals surface area contributed by atoms with Crippen molar-refractivity contribution in [3.8, 4) is 11.5 Å². The van der Waals surface area contributed by atoms with Gasteiger partial charge in [-0.05, 0) is 31.0 Å². The Morgan fingerprint density at radius 3 is 2.62 bits per heavy atom. The monoisotopic (exact) mass is 224 g/mol. The van der Waals surface area contributed by atoms with E-state index >= 15 is 0 Å². The van der Waals surface area contributed by atoms with Gasteiger partial charge < -0.3 is 14.6 Å². The SMILES string of the molecule is CCCc1ccc(OCC(C)O)c(OC)c1. The number of aliphatic hydroxyl groups is 1. The lowest BCUT2D eigenvalue weighted by Gasteiger charge is -2.13. The lowest BCUT2D eigenvalue weighted by atomic mass is 10.1. The van der Waals surface area contributed by atoms with Crippen molar-refractivity contribution in [1.29, 1.82) is 0 Å². The van der Waals surface area contributed by atoms with Crippen molar-refractivity contribution < 1.29 is 14.6 Å². The zero-order valence-corrected chi connectivity index (χ0v) is 10.2. The van der Waals surface area contributed by atoms with Crippen LogP contribution in [0.25, 0.3) is 0 Å². The van der Waals surface area contributed by atoms with Crippen LogP contribution in [0.2, 0.25) is 0 Å². The van der Waals surface area contributed by atoms with Crippen LogP contribution in [-0.4, -0.2) is 24.9 Å². The fraction of sp³-hybridized carbons (Fsp3) is 0.538. The Morgan fingerprint density at radius 2 is 2.06 bits per heavy atom. The number of hydrogen-bond donors (Lipinski definition) is 1. The Labute approximate surface area is 97.0 Å². The lowest BCUT2D eigenvalue weighted by molar-refractivity contribution is 0.120. The molecule has 0 saturated carbocycles. The van der Waals surface area contributed by atoms with Crippen LogP contribution in [0.1, 0.15) is 25.8 Å². The molecule has 0 aliphatic carbocycles. The van der Waals surface area contributed by atoms with Crippen LogP contribution in [0.3, 0.4) is 0 Å². The summed E-state index contributed by atoms with van der Waals surface area (Å²) in [6.07, 6.45) is 1.67. The van der Waals surface area contributed by atoms with Gasteiger partial charge >= 0.3 is 0 Å². The first kappa shape index (κ1) is 12.8. The highest BCUT2D eigenvalue weighted by Crippen LogP contribution is 2.28. The Hall–Kier alpha value is -1.22. The fourth-order valence-corrected chi connectivity index (χ4v) is 1.49. The molecule has 0 amide bonds. The van der Waals surface area contributed by atoms with Crippen LogP contribution in [-0.2, 0) is 6.42 Å². The number of aryl methyl sites for hydroxylation is 1. The zero-order valence-electron chi connectivity index (χ0n) is 10.2. The van der Waals surface area contributed by atoms with Gasteiger partial charge in [0.1, 0.15) is 6.61 Å². The van der Waals surface area contributed by atoms with Crippen molar-refractivity contribution in [2.24, 2.45) is 0 Å². The molecule has 1 N–H and O–H groups in total. The topological polar surface area (TPSA) is 38.7 Å². The third-order valence-corrected chi connectivity index (χ3v) is 2.25. The summed E-state index contributed by atoms with van der Waals surface area (Å²) in [7, 11) is 1.63. The Kier molecular flexibility index (Phi) is 5.12. The van der Waals surface area contributed by atoms with E-state index in [-0.39, 0.29) is 6.61 Å². The molecule has 0 spiro atoms. The molecule has 3 nitrogen and oxygen atoms in total. The van der Waals surface area contributed by atoms with Crippen LogP contribution in [0.4, 0.5) is 0 Å². The fourth-order valence-electron chi connectivity index (χ4n) is 1.49. The van der Waals surface area contributed by atoms with Crippen LogP contribution >= 0.6 is 0 Å². The molecule has 0 radical (unpaired) electrons. The third-order valence-electron chi connectivity index (χ3n) is 2.25. The molecule has 0 aromatic heterocycles. The summed E-state index contributed by atoms with van der Waals surface area (Å²) in [6.45, 7) is 4.12. The summed E-state index contributed by atoms with van der Waals surface area (Å²) in [5.41, 5.74) is 1.24. The average molecular weight is 224 g/mol. The number of aliphatic hydroxyl groups excluding tert-OH is 1. The molecule has 0 saturated heterocycles. The quantitative estimate of drug-likeness (QED) is 0.806. The van der Waals surface area contributed by atoms with Crippen molar-refractivity contribution in [2.45, 2.75) is 32.8 Å². The first-order valence-corrected chi connectivity index (χ1v) is 5.65. The van der Waals surface area contributed by atoms with Gasteiger partial charge in [-0.3, -0.25) is 0 Å². The van der Waals surface area contributed by atoms with Gasteiger partial charge in [0, 0.05) is 0 Å². The second-order valence-corrected chi connectivity index (χ2v) is 3.90. The maximum absolute atomic E-state index is 9.15. The zero-order chi connectivity index (χ0) is 12.0. The highest BCUT2D eigenvalue weighted by molar-refractivity contribution is 5.43. The van der Waals surface area contributed by atoms with Crippen molar-refractivity contribution in [1.82, 2.24) is 0 Å². The van der Waals surface area contributed by atoms with E-state index in [1.165, 1.54) is 5.56 Å². The largest absolute Gasteiger partial charge is 0.493 e. The minimum Gasteiger partial charge on any atom is -0.493 e. The van der Waals surface area contributed by atoms with E-state index in [1.54, 1.807) is 14.0 Å². The normalized spacial score (nSPS) is 12.2. The number of hydrogen-bond acceptors (Lipinski definition) is 3. The van der Waals surface area contributed by atoms with Gasteiger partial charge in [-0.1, -0.05) is 19.4 Å². The third kappa shape index (κ3) is 3.74. The predicted octanol–water partition coefficient (Wildman–Crippen LogP) is 2.41. The van der Waals surface area contributed by atoms with E-state index in [9.17, 15) is 0 Å². The molecule has 0 aliphatic heterocycles. The van der Waals surface area contributed by atoms with Gasteiger partial charge in [0.15, 0.2) is 11.5 Å². The van der Waals surface area contributed by atoms with Gasteiger partial charge in [0.2, 0.25) is 0 Å². The highest BCUT2D eigenvalue weighted by atomic mass is 16.5. The molecule has 1 aromatic rings. The summed E-state index contributed by atoms with van der Waals surface area (Å²) in [5.74, 6) is 1.41. The summed E-state index contributed by atoms with van der Waals surface area (Å²) < 4.78 is 10.7. The molecule has 0 aliphatic rings. The van der Waals surface area contributed by atoms with Crippen molar-refractivity contribution in [2.75, 3.05) is 13.7 Å². The number of rotatable bonds is 6. The van der Waals surface area contributed by atoms with Crippen molar-refractivity contribution in [3.63, 3.8) is 0 Å². The summed E-state index contributed by atoms with van der Waals surface area (Å²) >= 11 is 0. The van der Waals surface area contributed by atoms with E-state index in [0.29, 0.717) is 5.75 Å². The lowest BCUT2D eigenvalue weighted by Crippen LogP contribution is -2.13. The van der Waals surface area contributed by atoms with E-state index < -0.39 is 6.10 Å². The smallest absolute Gasteiger partial charge is 0.161 e. The van der Waals surface area contributed by atoms with E-state index in [2.05, 4.69) is 6.92 Å². The molecule has 1 atom stereocenters. The Balaban J connectivity index is 2.76. The van der Waals surface area contributed by atoms with E-state index in [0.717, 1.165) is 18.6 Å². The first-order valence-electron chi connectivity index (χ1n) is 5.65. The molecule has 0 fully saturated rings. The molecular formula is C13H20O3. The van der Waals surface area contributed by atoms with Gasteiger partial charge in [0.05, 0.1) is 13.2 Å². The molecule has 0 heterocycles. The summed E-state index contributed by atoms with van der Waals surface area (Å²) in [4.78, 5) is 0. The van der Waals surface area contributed by atoms with Crippen molar-refractivity contribution >= 4 is 0 Å². The van der Waals surface area contributed by atoms with Crippen LogP contribution in [0.5, 0.6) is 11.5 Å². The molecule has 1 unspecified atom stereocenters. The minimum atomic E-state index is -0.472. The van der Waals surface area contributed by atoms with Crippen LogP contribution in [0.15, 0.2) is 18.2 Å². The molecule has 90 valence electrons. The average Bonchev–Trinajstić information content (AvgIpc) is 2.27. The maximum Gasteiger partial charge on any atom is 0.161 e. The predicted molar refractivity (Wildman–Crippen MR) is 64.2 cm³/mol. The molecule has 0 bridgehead atoms. The van der Waals surface area contributed by atoms with Gasteiger partial charge in [-0.25, -0.2) is 0 Å². The van der Waals surface area contributed by atoms with E-state index in [4.69, 9.17) is 14.6 Å². The van der Waals surface area contributed by atoms with Crippen LogP contribution in [0, 0.1) is 0 Å². The molecule has 3 heteroatoms. The molecule has 16 heavy (non-hydrogen) atoms. The van der Waals surface area contributed by atoms with Gasteiger partial charge in [0.25, 0.3) is 0 Å². The summed E-state index contributed by atoms with van der Waals surface area (Å²) in [5, 5.41) is 9.15. The molecule has 1 aromatic carbocycles. The van der Waals surface area contributed by atoms with Gasteiger partial charge in [-0.15, -0.1) is 0 Å².